The second-order valence-corrected chi connectivity index (χ2v) is 5.32. The van der Waals surface area contributed by atoms with E-state index in [1.165, 1.54) is 18.0 Å². The molecular weight excluding hydrogens is 296 g/mol. The minimum Gasteiger partial charge on any atom is -0.339 e. The normalized spacial score (nSPS) is 11.4. The predicted octanol–water partition coefficient (Wildman–Crippen LogP) is 2.13. The number of carbonyl (C=O) groups excluding carboxylic acids is 1. The third-order valence-corrected chi connectivity index (χ3v) is 2.85. The Bertz CT molecular complexity index is 638. The average molecular weight is 313 g/mol. The first-order valence-corrected chi connectivity index (χ1v) is 6.77. The van der Waals surface area contributed by atoms with Gasteiger partial charge in [-0.05, 0) is 12.0 Å². The molecule has 0 fully saturated rings. The minimum atomic E-state index is -2.78. The van der Waals surface area contributed by atoms with Crippen molar-refractivity contribution in [1.82, 2.24) is 24.8 Å². The van der Waals surface area contributed by atoms with Crippen molar-refractivity contribution in [3.05, 3.63) is 29.7 Å². The molecule has 0 aliphatic heterocycles. The average Bonchev–Trinajstić information content (AvgIpc) is 3.06. The fourth-order valence-corrected chi connectivity index (χ4v) is 1.83. The summed E-state index contributed by atoms with van der Waals surface area (Å²) in [5.74, 6) is 0.758. The second kappa shape index (κ2) is 6.63. The molecule has 0 aliphatic rings. The summed E-state index contributed by atoms with van der Waals surface area (Å²) in [4.78, 5) is 17.6. The minimum absolute atomic E-state index is 0.0614. The largest absolute Gasteiger partial charge is 0.339 e. The third kappa shape index (κ3) is 3.86. The molecule has 0 bridgehead atoms. The summed E-state index contributed by atoms with van der Waals surface area (Å²) in [5.41, 5.74) is -0.0614. The van der Waals surface area contributed by atoms with Crippen molar-refractivity contribution in [2.24, 2.45) is 5.92 Å². The fraction of sp³-hybridized carbons (Fsp3) is 0.538. The number of carbonyl (C=O) groups is 1. The Hall–Kier alpha value is -2.32. The molecule has 0 unspecified atom stereocenters. The smallest absolute Gasteiger partial charge is 0.333 e. The Morgan fingerprint density at radius 2 is 2.18 bits per heavy atom. The summed E-state index contributed by atoms with van der Waals surface area (Å²) in [7, 11) is 1.52. The van der Waals surface area contributed by atoms with Crippen LogP contribution in [0.25, 0.3) is 0 Å². The van der Waals surface area contributed by atoms with Crippen molar-refractivity contribution in [1.29, 1.82) is 0 Å². The van der Waals surface area contributed by atoms with E-state index >= 15 is 0 Å². The topological polar surface area (TPSA) is 77.1 Å². The number of nitrogens with zero attached hydrogens (tertiary/aromatic N) is 5. The van der Waals surface area contributed by atoms with Gasteiger partial charge in [0.05, 0.1) is 6.54 Å². The molecule has 0 N–H and O–H groups in total. The molecule has 0 saturated carbocycles. The molecule has 0 aromatic carbocycles. The van der Waals surface area contributed by atoms with Crippen LogP contribution in [0.5, 0.6) is 0 Å². The number of alkyl halides is 2. The lowest BCUT2D eigenvalue weighted by molar-refractivity contribution is 0.0553. The molecule has 0 atom stereocenters. The van der Waals surface area contributed by atoms with Crippen LogP contribution in [-0.4, -0.2) is 37.8 Å². The first kappa shape index (κ1) is 16.1. The fourth-order valence-electron chi connectivity index (χ4n) is 1.83. The highest BCUT2D eigenvalue weighted by Crippen LogP contribution is 2.11. The van der Waals surface area contributed by atoms with Crippen LogP contribution in [0.2, 0.25) is 0 Å². The van der Waals surface area contributed by atoms with Crippen molar-refractivity contribution >= 4 is 5.91 Å². The molecule has 120 valence electrons. The Morgan fingerprint density at radius 1 is 1.45 bits per heavy atom. The summed E-state index contributed by atoms with van der Waals surface area (Å²) in [5, 5.41) is 7.32. The van der Waals surface area contributed by atoms with Gasteiger partial charge in [-0.15, -0.1) is 0 Å². The standard InChI is InChI=1S/C13H17F2N5O2/c1-8(2)6-11-16-10(18-22-11)7-19(3)12(21)9-4-5-20(17-9)13(14)15/h4-5,8,13H,6-7H2,1-3H3. The maximum Gasteiger partial charge on any atom is 0.333 e. The molecule has 22 heavy (non-hydrogen) atoms. The van der Waals surface area contributed by atoms with Crippen molar-refractivity contribution < 1.29 is 18.1 Å². The van der Waals surface area contributed by atoms with Gasteiger partial charge in [-0.2, -0.15) is 18.9 Å². The van der Waals surface area contributed by atoms with Gasteiger partial charge in [0.15, 0.2) is 11.5 Å². The van der Waals surface area contributed by atoms with Gasteiger partial charge in [-0.1, -0.05) is 19.0 Å². The van der Waals surface area contributed by atoms with Crippen LogP contribution in [0.15, 0.2) is 16.8 Å². The molecule has 0 aliphatic carbocycles. The maximum absolute atomic E-state index is 12.4. The Kier molecular flexibility index (Phi) is 4.84. The maximum atomic E-state index is 12.4. The van der Waals surface area contributed by atoms with Gasteiger partial charge in [-0.25, -0.2) is 4.68 Å². The first-order valence-electron chi connectivity index (χ1n) is 6.77. The molecule has 0 saturated heterocycles. The van der Waals surface area contributed by atoms with Gasteiger partial charge in [0.25, 0.3) is 5.91 Å². The highest BCUT2D eigenvalue weighted by atomic mass is 19.3. The summed E-state index contributed by atoms with van der Waals surface area (Å²) >= 11 is 0. The summed E-state index contributed by atoms with van der Waals surface area (Å²) in [6.45, 7) is 1.39. The summed E-state index contributed by atoms with van der Waals surface area (Å²) in [6, 6.07) is 1.24. The van der Waals surface area contributed by atoms with Crippen LogP contribution in [0.4, 0.5) is 8.78 Å². The lowest BCUT2D eigenvalue weighted by Gasteiger charge is -2.12. The Balaban J connectivity index is 1.99. The van der Waals surface area contributed by atoms with Crippen molar-refractivity contribution in [2.45, 2.75) is 33.4 Å². The van der Waals surface area contributed by atoms with Crippen LogP contribution in [0.3, 0.4) is 0 Å². The van der Waals surface area contributed by atoms with E-state index in [-0.39, 0.29) is 12.2 Å². The number of hydrogen-bond acceptors (Lipinski definition) is 5. The molecule has 2 aromatic rings. The van der Waals surface area contributed by atoms with E-state index in [9.17, 15) is 13.6 Å². The molecular formula is C13H17F2N5O2. The van der Waals surface area contributed by atoms with Crippen LogP contribution in [0, 0.1) is 5.92 Å². The molecule has 1 amide bonds. The Labute approximate surface area is 125 Å². The molecule has 0 spiro atoms. The number of aromatic nitrogens is 4. The van der Waals surface area contributed by atoms with Gasteiger partial charge < -0.3 is 9.42 Å². The van der Waals surface area contributed by atoms with Crippen LogP contribution in [0.1, 0.15) is 42.6 Å². The van der Waals surface area contributed by atoms with Crippen LogP contribution < -0.4 is 0 Å². The van der Waals surface area contributed by atoms with Crippen LogP contribution >= 0.6 is 0 Å². The molecule has 9 heteroatoms. The Morgan fingerprint density at radius 3 is 2.77 bits per heavy atom. The zero-order valence-electron chi connectivity index (χ0n) is 12.5. The van der Waals surface area contributed by atoms with E-state index in [0.29, 0.717) is 28.7 Å². The monoisotopic (exact) mass is 313 g/mol. The molecule has 2 rings (SSSR count). The molecule has 7 nitrogen and oxygen atoms in total. The van der Waals surface area contributed by atoms with Crippen molar-refractivity contribution in [3.63, 3.8) is 0 Å². The SMILES string of the molecule is CC(C)Cc1nc(CN(C)C(=O)c2ccn(C(F)F)n2)no1. The van der Waals surface area contributed by atoms with Crippen molar-refractivity contribution in [2.75, 3.05) is 7.05 Å². The number of rotatable bonds is 6. The lowest BCUT2D eigenvalue weighted by atomic mass is 10.1. The zero-order valence-corrected chi connectivity index (χ0v) is 12.5. The molecule has 2 heterocycles. The summed E-state index contributed by atoms with van der Waals surface area (Å²) in [6.07, 6.45) is 1.71. The highest BCUT2D eigenvalue weighted by molar-refractivity contribution is 5.91. The van der Waals surface area contributed by atoms with Crippen LogP contribution in [-0.2, 0) is 13.0 Å². The van der Waals surface area contributed by atoms with Crippen molar-refractivity contribution in [3.8, 4) is 0 Å². The number of halogens is 2. The van der Waals surface area contributed by atoms with E-state index < -0.39 is 12.5 Å². The van der Waals surface area contributed by atoms with E-state index in [1.54, 1.807) is 0 Å². The zero-order chi connectivity index (χ0) is 16.3. The van der Waals surface area contributed by atoms with Gasteiger partial charge in [0.1, 0.15) is 0 Å². The van der Waals surface area contributed by atoms with E-state index in [0.717, 1.165) is 6.20 Å². The van der Waals surface area contributed by atoms with Gasteiger partial charge in [0, 0.05) is 19.7 Å². The van der Waals surface area contributed by atoms with E-state index in [2.05, 4.69) is 15.2 Å². The molecule has 0 radical (unpaired) electrons. The third-order valence-electron chi connectivity index (χ3n) is 2.85. The quantitative estimate of drug-likeness (QED) is 0.816. The van der Waals surface area contributed by atoms with E-state index in [4.69, 9.17) is 4.52 Å². The predicted molar refractivity (Wildman–Crippen MR) is 72.1 cm³/mol. The van der Waals surface area contributed by atoms with E-state index in [1.807, 2.05) is 13.8 Å². The van der Waals surface area contributed by atoms with Gasteiger partial charge >= 0.3 is 6.55 Å². The highest BCUT2D eigenvalue weighted by Gasteiger charge is 2.19. The first-order chi connectivity index (χ1) is 10.4. The molecule has 2 aromatic heterocycles. The number of hydrogen-bond donors (Lipinski definition) is 0. The van der Waals surface area contributed by atoms with Gasteiger partial charge in [0.2, 0.25) is 5.89 Å². The second-order valence-electron chi connectivity index (χ2n) is 5.32. The van der Waals surface area contributed by atoms with Gasteiger partial charge in [-0.3, -0.25) is 4.79 Å². The lowest BCUT2D eigenvalue weighted by Crippen LogP contribution is -2.27. The number of amides is 1. The summed E-state index contributed by atoms with van der Waals surface area (Å²) < 4.78 is 30.4.